The van der Waals surface area contributed by atoms with E-state index in [-0.39, 0.29) is 24.3 Å². The van der Waals surface area contributed by atoms with Crippen molar-refractivity contribution in [3.8, 4) is 5.75 Å². The first-order valence-corrected chi connectivity index (χ1v) is 7.28. The Hall–Kier alpha value is -2.04. The van der Waals surface area contributed by atoms with Crippen molar-refractivity contribution in [3.63, 3.8) is 0 Å². The quantitative estimate of drug-likeness (QED) is 0.768. The molecule has 0 aromatic heterocycles. The molecule has 116 valence electrons. The fourth-order valence-corrected chi connectivity index (χ4v) is 1.98. The summed E-state index contributed by atoms with van der Waals surface area (Å²) in [5.74, 6) is 0.520. The number of hydrogen-bond donors (Lipinski definition) is 2. The summed E-state index contributed by atoms with van der Waals surface area (Å²) in [7, 11) is 1.61. The standard InChI is InChI=1S/C16H24N2O3/c1-4-13(5-2)16(20)18-11-15(19)17-10-12-6-8-14(21-3)9-7-12/h6-9,13H,4-5,10-11H2,1-3H3,(H,17,19)(H,18,20). The molecule has 0 aliphatic heterocycles. The summed E-state index contributed by atoms with van der Waals surface area (Å²) in [6.45, 7) is 4.39. The zero-order valence-corrected chi connectivity index (χ0v) is 12.9. The summed E-state index contributed by atoms with van der Waals surface area (Å²) in [5.41, 5.74) is 0.982. The number of amides is 2. The van der Waals surface area contributed by atoms with Gasteiger partial charge in [0.1, 0.15) is 5.75 Å². The van der Waals surface area contributed by atoms with E-state index in [1.807, 2.05) is 38.1 Å². The van der Waals surface area contributed by atoms with Crippen LogP contribution in [0.5, 0.6) is 5.75 Å². The van der Waals surface area contributed by atoms with E-state index in [0.717, 1.165) is 24.2 Å². The number of rotatable bonds is 8. The topological polar surface area (TPSA) is 67.4 Å². The third-order valence-corrected chi connectivity index (χ3v) is 3.43. The van der Waals surface area contributed by atoms with Crippen molar-refractivity contribution in [3.05, 3.63) is 29.8 Å². The van der Waals surface area contributed by atoms with Gasteiger partial charge in [-0.1, -0.05) is 26.0 Å². The van der Waals surface area contributed by atoms with Crippen LogP contribution in [-0.4, -0.2) is 25.5 Å². The van der Waals surface area contributed by atoms with Crippen LogP contribution >= 0.6 is 0 Å². The number of carbonyl (C=O) groups is 2. The Balaban J connectivity index is 2.32. The van der Waals surface area contributed by atoms with Crippen molar-refractivity contribution >= 4 is 11.8 Å². The molecule has 0 fully saturated rings. The van der Waals surface area contributed by atoms with Gasteiger partial charge < -0.3 is 15.4 Å². The number of benzene rings is 1. The lowest BCUT2D eigenvalue weighted by Gasteiger charge is -2.12. The van der Waals surface area contributed by atoms with Crippen molar-refractivity contribution in [2.24, 2.45) is 5.92 Å². The van der Waals surface area contributed by atoms with Gasteiger partial charge in [-0.2, -0.15) is 0 Å². The number of ether oxygens (including phenoxy) is 1. The summed E-state index contributed by atoms with van der Waals surface area (Å²) in [6.07, 6.45) is 1.58. The average Bonchev–Trinajstić information content (AvgIpc) is 2.52. The van der Waals surface area contributed by atoms with Crippen LogP contribution in [0, 0.1) is 5.92 Å². The van der Waals surface area contributed by atoms with Gasteiger partial charge in [-0.3, -0.25) is 9.59 Å². The van der Waals surface area contributed by atoms with Gasteiger partial charge >= 0.3 is 0 Å². The number of methoxy groups -OCH3 is 1. The molecule has 0 bridgehead atoms. The predicted molar refractivity (Wildman–Crippen MR) is 81.9 cm³/mol. The lowest BCUT2D eigenvalue weighted by atomic mass is 10.0. The molecule has 5 heteroatoms. The second-order valence-electron chi connectivity index (χ2n) is 4.86. The highest BCUT2D eigenvalue weighted by atomic mass is 16.5. The molecule has 0 heterocycles. The highest BCUT2D eigenvalue weighted by molar-refractivity contribution is 5.85. The minimum absolute atomic E-state index is 0.0145. The molecule has 0 saturated heterocycles. The van der Waals surface area contributed by atoms with Gasteiger partial charge in [-0.15, -0.1) is 0 Å². The van der Waals surface area contributed by atoms with E-state index in [1.54, 1.807) is 7.11 Å². The van der Waals surface area contributed by atoms with E-state index in [4.69, 9.17) is 4.74 Å². The molecular formula is C16H24N2O3. The Bertz CT molecular complexity index is 453. The lowest BCUT2D eigenvalue weighted by molar-refractivity contribution is -0.128. The van der Waals surface area contributed by atoms with Crippen molar-refractivity contribution < 1.29 is 14.3 Å². The molecule has 1 aromatic rings. The van der Waals surface area contributed by atoms with Crippen LogP contribution in [0.2, 0.25) is 0 Å². The maximum absolute atomic E-state index is 11.7. The second kappa shape index (κ2) is 9.00. The third-order valence-electron chi connectivity index (χ3n) is 3.43. The van der Waals surface area contributed by atoms with Crippen LogP contribution in [0.25, 0.3) is 0 Å². The van der Waals surface area contributed by atoms with Crippen LogP contribution < -0.4 is 15.4 Å². The summed E-state index contributed by atoms with van der Waals surface area (Å²) < 4.78 is 5.07. The van der Waals surface area contributed by atoms with Gasteiger partial charge in [0.25, 0.3) is 0 Å². The largest absolute Gasteiger partial charge is 0.497 e. The average molecular weight is 292 g/mol. The SMILES string of the molecule is CCC(CC)C(=O)NCC(=O)NCc1ccc(OC)cc1. The Labute approximate surface area is 126 Å². The molecule has 1 rings (SSSR count). The van der Waals surface area contributed by atoms with Gasteiger partial charge in [0.15, 0.2) is 0 Å². The third kappa shape index (κ3) is 5.85. The van der Waals surface area contributed by atoms with Crippen LogP contribution in [0.3, 0.4) is 0 Å². The molecule has 0 unspecified atom stereocenters. The van der Waals surface area contributed by atoms with E-state index >= 15 is 0 Å². The van der Waals surface area contributed by atoms with Gasteiger partial charge in [0.05, 0.1) is 13.7 Å². The summed E-state index contributed by atoms with van der Waals surface area (Å²) in [4.78, 5) is 23.4. The van der Waals surface area contributed by atoms with Crippen LogP contribution in [0.4, 0.5) is 0 Å². The normalized spacial score (nSPS) is 10.3. The summed E-state index contributed by atoms with van der Waals surface area (Å²) in [5, 5.41) is 5.44. The maximum Gasteiger partial charge on any atom is 0.239 e. The molecule has 2 amide bonds. The smallest absolute Gasteiger partial charge is 0.239 e. The van der Waals surface area contributed by atoms with Gasteiger partial charge in [0, 0.05) is 12.5 Å². The van der Waals surface area contributed by atoms with Crippen LogP contribution in [0.15, 0.2) is 24.3 Å². The zero-order valence-electron chi connectivity index (χ0n) is 12.9. The second-order valence-corrected chi connectivity index (χ2v) is 4.86. The molecule has 0 aliphatic rings. The van der Waals surface area contributed by atoms with Crippen molar-refractivity contribution in [1.29, 1.82) is 0 Å². The maximum atomic E-state index is 11.7. The van der Waals surface area contributed by atoms with E-state index in [2.05, 4.69) is 10.6 Å². The Kier molecular flexibility index (Phi) is 7.29. The first-order valence-electron chi connectivity index (χ1n) is 7.28. The monoisotopic (exact) mass is 292 g/mol. The summed E-state index contributed by atoms with van der Waals surface area (Å²) >= 11 is 0. The van der Waals surface area contributed by atoms with Crippen LogP contribution in [-0.2, 0) is 16.1 Å². The molecule has 0 aliphatic carbocycles. The lowest BCUT2D eigenvalue weighted by Crippen LogP contribution is -2.39. The van der Waals surface area contributed by atoms with Crippen molar-refractivity contribution in [2.45, 2.75) is 33.2 Å². The number of nitrogens with one attached hydrogen (secondary N) is 2. The van der Waals surface area contributed by atoms with E-state index in [0.29, 0.717) is 6.54 Å². The highest BCUT2D eigenvalue weighted by Crippen LogP contribution is 2.10. The molecular weight excluding hydrogens is 268 g/mol. The Morgan fingerprint density at radius 2 is 1.71 bits per heavy atom. The molecule has 21 heavy (non-hydrogen) atoms. The van der Waals surface area contributed by atoms with E-state index < -0.39 is 0 Å². The van der Waals surface area contributed by atoms with Crippen molar-refractivity contribution in [2.75, 3.05) is 13.7 Å². The molecule has 0 radical (unpaired) electrons. The molecule has 2 N–H and O–H groups in total. The summed E-state index contributed by atoms with van der Waals surface area (Å²) in [6, 6.07) is 7.47. The van der Waals surface area contributed by atoms with E-state index in [9.17, 15) is 9.59 Å². The highest BCUT2D eigenvalue weighted by Gasteiger charge is 2.14. The van der Waals surface area contributed by atoms with E-state index in [1.165, 1.54) is 0 Å². The molecule has 1 aromatic carbocycles. The number of carbonyl (C=O) groups excluding carboxylic acids is 2. The number of hydrogen-bond acceptors (Lipinski definition) is 3. The molecule has 0 saturated carbocycles. The first kappa shape index (κ1) is 17.0. The van der Waals surface area contributed by atoms with Crippen LogP contribution in [0.1, 0.15) is 32.3 Å². The molecule has 0 atom stereocenters. The van der Waals surface area contributed by atoms with Gasteiger partial charge in [0.2, 0.25) is 11.8 Å². The first-order chi connectivity index (χ1) is 10.1. The predicted octanol–water partition coefficient (Wildman–Crippen LogP) is 1.86. The minimum Gasteiger partial charge on any atom is -0.497 e. The Morgan fingerprint density at radius 3 is 2.24 bits per heavy atom. The minimum atomic E-state index is -0.190. The van der Waals surface area contributed by atoms with Crippen molar-refractivity contribution in [1.82, 2.24) is 10.6 Å². The molecule has 0 spiro atoms. The van der Waals surface area contributed by atoms with Gasteiger partial charge in [-0.25, -0.2) is 0 Å². The Morgan fingerprint density at radius 1 is 1.10 bits per heavy atom. The molecule has 5 nitrogen and oxygen atoms in total. The zero-order chi connectivity index (χ0) is 15.7. The fourth-order valence-electron chi connectivity index (χ4n) is 1.98. The van der Waals surface area contributed by atoms with Gasteiger partial charge in [-0.05, 0) is 30.5 Å². The fraction of sp³-hybridized carbons (Fsp3) is 0.500.